The van der Waals surface area contributed by atoms with Gasteiger partial charge in [-0.1, -0.05) is 12.1 Å². The van der Waals surface area contributed by atoms with Gasteiger partial charge in [-0.25, -0.2) is 9.37 Å². The highest BCUT2D eigenvalue weighted by molar-refractivity contribution is 5.93. The van der Waals surface area contributed by atoms with Gasteiger partial charge in [0.2, 0.25) is 0 Å². The second kappa shape index (κ2) is 8.65. The minimum absolute atomic E-state index is 0.0802. The van der Waals surface area contributed by atoms with Crippen LogP contribution in [0.15, 0.2) is 16.7 Å². The number of fused-ring (bicyclic) bond motifs is 1. The molecule has 2 aliphatic heterocycles. The van der Waals surface area contributed by atoms with Crippen LogP contribution in [0, 0.1) is 19.7 Å². The molecule has 33 heavy (non-hydrogen) atoms. The summed E-state index contributed by atoms with van der Waals surface area (Å²) >= 11 is 0. The molecule has 0 radical (unpaired) electrons. The van der Waals surface area contributed by atoms with Crippen LogP contribution in [0.25, 0.3) is 22.4 Å². The average molecular weight is 454 g/mol. The quantitative estimate of drug-likeness (QED) is 0.595. The molecule has 0 saturated carbocycles. The molecule has 2 atom stereocenters. The third-order valence-electron chi connectivity index (χ3n) is 7.05. The Kier molecular flexibility index (Phi) is 5.82. The maximum absolute atomic E-state index is 15.1. The van der Waals surface area contributed by atoms with Gasteiger partial charge in [-0.2, -0.15) is 4.98 Å². The molecule has 0 spiro atoms. The number of rotatable bonds is 6. The average Bonchev–Trinajstić information content (AvgIpc) is 3.54. The number of anilines is 1. The van der Waals surface area contributed by atoms with E-state index >= 15 is 4.39 Å². The standard InChI is InChI=1S/C25H32FN5O2/c1-5-17-11-19-15(2)21(24-28-16(3)30-33-24)23(29-22(19)20(26)12-17)31-9-8-25(4,14-31)27-13-18-7-6-10-32-18/h11-12,18,27H,5-10,13-14H2,1-4H3/t18-,25-/m1/s1. The van der Waals surface area contributed by atoms with E-state index in [1.54, 1.807) is 13.0 Å². The number of halogens is 1. The lowest BCUT2D eigenvalue weighted by Crippen LogP contribution is -2.47. The third-order valence-corrected chi connectivity index (χ3v) is 7.05. The Morgan fingerprint density at radius 3 is 2.82 bits per heavy atom. The van der Waals surface area contributed by atoms with E-state index in [1.165, 1.54) is 0 Å². The number of aromatic nitrogens is 3. The highest BCUT2D eigenvalue weighted by Crippen LogP contribution is 2.39. The summed E-state index contributed by atoms with van der Waals surface area (Å²) in [5.41, 5.74) is 2.95. The highest BCUT2D eigenvalue weighted by atomic mass is 19.1. The Hall–Kier alpha value is -2.58. The van der Waals surface area contributed by atoms with E-state index in [-0.39, 0.29) is 17.5 Å². The Bertz CT molecular complexity index is 1170. The number of ether oxygens (including phenoxy) is 1. The van der Waals surface area contributed by atoms with Crippen LogP contribution in [0.1, 0.15) is 50.1 Å². The predicted molar refractivity (Wildman–Crippen MR) is 126 cm³/mol. The zero-order chi connectivity index (χ0) is 23.2. The van der Waals surface area contributed by atoms with Crippen molar-refractivity contribution >= 4 is 16.7 Å². The SMILES string of the molecule is CCc1cc(F)c2nc(N3CC[C@@](C)(NC[C@H]4CCCO4)C3)c(-c3nc(C)no3)c(C)c2c1. The second-order valence-corrected chi connectivity index (χ2v) is 9.66. The van der Waals surface area contributed by atoms with Gasteiger partial charge in [-0.05, 0) is 69.7 Å². The van der Waals surface area contributed by atoms with Gasteiger partial charge in [0.25, 0.3) is 5.89 Å². The van der Waals surface area contributed by atoms with Gasteiger partial charge in [0, 0.05) is 37.2 Å². The molecule has 0 bridgehead atoms. The van der Waals surface area contributed by atoms with Crippen molar-refractivity contribution in [3.8, 4) is 11.5 Å². The van der Waals surface area contributed by atoms with E-state index in [1.807, 2.05) is 19.9 Å². The van der Waals surface area contributed by atoms with Gasteiger partial charge < -0.3 is 19.5 Å². The monoisotopic (exact) mass is 453 g/mol. The molecule has 8 heteroatoms. The minimum Gasteiger partial charge on any atom is -0.377 e. The van der Waals surface area contributed by atoms with Crippen LogP contribution >= 0.6 is 0 Å². The molecule has 0 aliphatic carbocycles. The van der Waals surface area contributed by atoms with Gasteiger partial charge in [0.1, 0.15) is 17.2 Å². The van der Waals surface area contributed by atoms with Crippen molar-refractivity contribution in [3.05, 3.63) is 34.9 Å². The normalized spacial score (nSPS) is 23.2. The van der Waals surface area contributed by atoms with E-state index in [4.69, 9.17) is 14.2 Å². The van der Waals surface area contributed by atoms with Crippen molar-refractivity contribution in [1.82, 2.24) is 20.4 Å². The van der Waals surface area contributed by atoms with Gasteiger partial charge in [0.15, 0.2) is 5.82 Å². The molecule has 2 fully saturated rings. The van der Waals surface area contributed by atoms with Crippen molar-refractivity contribution in [1.29, 1.82) is 0 Å². The molecule has 1 aromatic carbocycles. The van der Waals surface area contributed by atoms with Crippen LogP contribution in [0.4, 0.5) is 10.2 Å². The molecular weight excluding hydrogens is 421 g/mol. The summed E-state index contributed by atoms with van der Waals surface area (Å²) in [6.07, 6.45) is 4.24. The highest BCUT2D eigenvalue weighted by Gasteiger charge is 2.37. The van der Waals surface area contributed by atoms with Gasteiger partial charge >= 0.3 is 0 Å². The smallest absolute Gasteiger partial charge is 0.261 e. The fourth-order valence-corrected chi connectivity index (χ4v) is 5.06. The molecule has 1 N–H and O–H groups in total. The van der Waals surface area contributed by atoms with Crippen molar-refractivity contribution in [2.75, 3.05) is 31.1 Å². The van der Waals surface area contributed by atoms with Crippen LogP contribution in [0.2, 0.25) is 0 Å². The number of nitrogens with one attached hydrogen (secondary N) is 1. The Labute approximate surface area is 193 Å². The molecule has 7 nitrogen and oxygen atoms in total. The largest absolute Gasteiger partial charge is 0.377 e. The van der Waals surface area contributed by atoms with E-state index in [0.29, 0.717) is 23.0 Å². The summed E-state index contributed by atoms with van der Waals surface area (Å²) in [5.74, 6) is 1.40. The summed E-state index contributed by atoms with van der Waals surface area (Å²) in [4.78, 5) is 11.6. The summed E-state index contributed by atoms with van der Waals surface area (Å²) in [7, 11) is 0. The molecule has 3 aromatic rings. The number of pyridine rings is 1. The molecule has 176 valence electrons. The summed E-state index contributed by atoms with van der Waals surface area (Å²) in [6, 6.07) is 3.61. The van der Waals surface area contributed by atoms with Crippen LogP contribution in [-0.4, -0.2) is 53.0 Å². The first-order valence-corrected chi connectivity index (χ1v) is 11.9. The summed E-state index contributed by atoms with van der Waals surface area (Å²) in [5, 5.41) is 8.52. The molecule has 4 heterocycles. The third kappa shape index (κ3) is 4.22. The van der Waals surface area contributed by atoms with Crippen molar-refractivity contribution < 1.29 is 13.7 Å². The number of hydrogen-bond donors (Lipinski definition) is 1. The zero-order valence-corrected chi connectivity index (χ0v) is 19.9. The molecule has 2 aromatic heterocycles. The Balaban J connectivity index is 1.54. The topological polar surface area (TPSA) is 76.3 Å². The fraction of sp³-hybridized carbons (Fsp3) is 0.560. The van der Waals surface area contributed by atoms with E-state index in [9.17, 15) is 0 Å². The van der Waals surface area contributed by atoms with Crippen LogP contribution in [0.5, 0.6) is 0 Å². The Morgan fingerprint density at radius 1 is 1.27 bits per heavy atom. The maximum atomic E-state index is 15.1. The fourth-order valence-electron chi connectivity index (χ4n) is 5.06. The first-order valence-electron chi connectivity index (χ1n) is 11.9. The van der Waals surface area contributed by atoms with Gasteiger partial charge in [0.05, 0.1) is 11.7 Å². The lowest BCUT2D eigenvalue weighted by Gasteiger charge is -2.29. The number of aryl methyl sites for hydroxylation is 3. The Morgan fingerprint density at radius 2 is 2.12 bits per heavy atom. The summed E-state index contributed by atoms with van der Waals surface area (Å²) < 4.78 is 26.5. The molecule has 2 saturated heterocycles. The van der Waals surface area contributed by atoms with Crippen LogP contribution in [-0.2, 0) is 11.2 Å². The number of nitrogens with zero attached hydrogens (tertiary/aromatic N) is 4. The van der Waals surface area contributed by atoms with Crippen LogP contribution in [0.3, 0.4) is 0 Å². The van der Waals surface area contributed by atoms with Crippen molar-refractivity contribution in [3.63, 3.8) is 0 Å². The lowest BCUT2D eigenvalue weighted by atomic mass is 9.99. The van der Waals surface area contributed by atoms with E-state index in [2.05, 4.69) is 27.3 Å². The second-order valence-electron chi connectivity index (χ2n) is 9.66. The van der Waals surface area contributed by atoms with Crippen molar-refractivity contribution in [2.24, 2.45) is 0 Å². The van der Waals surface area contributed by atoms with Crippen LogP contribution < -0.4 is 10.2 Å². The number of hydrogen-bond acceptors (Lipinski definition) is 7. The minimum atomic E-state index is -0.291. The van der Waals surface area contributed by atoms with Gasteiger partial charge in [-0.15, -0.1) is 0 Å². The molecule has 5 rings (SSSR count). The maximum Gasteiger partial charge on any atom is 0.261 e. The van der Waals surface area contributed by atoms with E-state index in [0.717, 1.165) is 74.0 Å². The first kappa shape index (κ1) is 22.2. The summed E-state index contributed by atoms with van der Waals surface area (Å²) in [6.45, 7) is 11.3. The lowest BCUT2D eigenvalue weighted by molar-refractivity contribution is 0.103. The van der Waals surface area contributed by atoms with Crippen molar-refractivity contribution in [2.45, 2.75) is 65.0 Å². The molecule has 0 amide bonds. The number of benzene rings is 1. The zero-order valence-electron chi connectivity index (χ0n) is 19.9. The predicted octanol–water partition coefficient (Wildman–Crippen LogP) is 4.34. The van der Waals surface area contributed by atoms with E-state index < -0.39 is 0 Å². The molecular formula is C25H32FN5O2. The molecule has 0 unspecified atom stereocenters. The molecule has 2 aliphatic rings. The first-order chi connectivity index (χ1) is 15.9. The van der Waals surface area contributed by atoms with Gasteiger partial charge in [-0.3, -0.25) is 0 Å².